The first kappa shape index (κ1) is 18.3. The molecule has 0 radical (unpaired) electrons. The van der Waals surface area contributed by atoms with Gasteiger partial charge < -0.3 is 10.2 Å². The van der Waals surface area contributed by atoms with Gasteiger partial charge in [-0.25, -0.2) is 0 Å². The molecule has 120 valence electrons. The van der Waals surface area contributed by atoms with Gasteiger partial charge in [-0.3, -0.25) is 0 Å². The first-order chi connectivity index (χ1) is 9.81. The number of hydrogen-bond acceptors (Lipinski definition) is 2. The van der Waals surface area contributed by atoms with E-state index in [1.54, 1.807) is 11.9 Å². The summed E-state index contributed by atoms with van der Waals surface area (Å²) in [4.78, 5) is 1.71. The van der Waals surface area contributed by atoms with Gasteiger partial charge in [-0.05, 0) is 44.3 Å². The Kier molecular flexibility index (Phi) is 7.49. The van der Waals surface area contributed by atoms with Gasteiger partial charge in [0.05, 0.1) is 6.42 Å². The van der Waals surface area contributed by atoms with E-state index in [4.69, 9.17) is 11.6 Å². The highest BCUT2D eigenvalue weighted by Gasteiger charge is 2.27. The molecule has 0 aliphatic carbocycles. The summed E-state index contributed by atoms with van der Waals surface area (Å²) in [5.74, 6) is 0. The van der Waals surface area contributed by atoms with Crippen LogP contribution in [0.25, 0.3) is 0 Å². The van der Waals surface area contributed by atoms with Crippen LogP contribution in [0.2, 0.25) is 5.02 Å². The van der Waals surface area contributed by atoms with Crippen LogP contribution in [0.3, 0.4) is 0 Å². The second-order valence-corrected chi connectivity index (χ2v) is 5.56. The van der Waals surface area contributed by atoms with E-state index >= 15 is 0 Å². The highest BCUT2D eigenvalue weighted by atomic mass is 35.5. The first-order valence-electron chi connectivity index (χ1n) is 7.06. The van der Waals surface area contributed by atoms with Crippen molar-refractivity contribution in [3.63, 3.8) is 0 Å². The average Bonchev–Trinajstić information content (AvgIpc) is 2.40. The van der Waals surface area contributed by atoms with Crippen molar-refractivity contribution in [1.82, 2.24) is 10.2 Å². The molecule has 0 heterocycles. The van der Waals surface area contributed by atoms with Crippen LogP contribution in [0.1, 0.15) is 31.4 Å². The third-order valence-corrected chi connectivity index (χ3v) is 3.51. The van der Waals surface area contributed by atoms with Crippen LogP contribution in [0.4, 0.5) is 13.2 Å². The van der Waals surface area contributed by atoms with E-state index in [1.165, 1.54) is 0 Å². The van der Waals surface area contributed by atoms with Crippen molar-refractivity contribution in [3.8, 4) is 0 Å². The topological polar surface area (TPSA) is 15.3 Å². The molecule has 0 fully saturated rings. The summed E-state index contributed by atoms with van der Waals surface area (Å²) < 4.78 is 36.6. The molecule has 1 N–H and O–H groups in total. The van der Waals surface area contributed by atoms with Crippen LogP contribution in [0.15, 0.2) is 24.3 Å². The molecular formula is C15H22ClF3N2. The molecule has 1 rings (SSSR count). The van der Waals surface area contributed by atoms with Gasteiger partial charge >= 0.3 is 6.18 Å². The molecule has 0 amide bonds. The minimum Gasteiger partial charge on any atom is -0.310 e. The van der Waals surface area contributed by atoms with Gasteiger partial charge in [-0.1, -0.05) is 30.7 Å². The summed E-state index contributed by atoms with van der Waals surface area (Å²) in [5.41, 5.74) is 1.06. The summed E-state index contributed by atoms with van der Waals surface area (Å²) in [5, 5.41) is 4.01. The third-order valence-electron chi connectivity index (χ3n) is 3.28. The van der Waals surface area contributed by atoms with Gasteiger partial charge in [0.25, 0.3) is 0 Å². The molecule has 0 aliphatic heterocycles. The van der Waals surface area contributed by atoms with Crippen molar-refractivity contribution in [2.24, 2.45) is 0 Å². The lowest BCUT2D eigenvalue weighted by atomic mass is 10.0. The summed E-state index contributed by atoms with van der Waals surface area (Å²) in [6.07, 6.45) is -4.13. The molecule has 6 heteroatoms. The molecule has 0 spiro atoms. The van der Waals surface area contributed by atoms with E-state index in [-0.39, 0.29) is 12.6 Å². The molecule has 1 aromatic carbocycles. The number of nitrogens with one attached hydrogen (secondary N) is 1. The Balaban J connectivity index is 2.51. The number of benzene rings is 1. The molecule has 0 saturated heterocycles. The van der Waals surface area contributed by atoms with Gasteiger partial charge in [0.1, 0.15) is 0 Å². The van der Waals surface area contributed by atoms with Crippen molar-refractivity contribution in [2.75, 3.05) is 26.7 Å². The van der Waals surface area contributed by atoms with Gasteiger partial charge in [-0.2, -0.15) is 13.2 Å². The molecule has 1 atom stereocenters. The summed E-state index contributed by atoms with van der Waals surface area (Å²) in [6, 6.07) is 7.67. The fourth-order valence-electron chi connectivity index (χ4n) is 2.14. The van der Waals surface area contributed by atoms with E-state index in [0.717, 1.165) is 18.5 Å². The normalized spacial score (nSPS) is 13.7. The lowest BCUT2D eigenvalue weighted by Gasteiger charge is -2.23. The standard InChI is InChI=1S/C15H22ClF3N2/c1-3-20-14(12-5-4-6-13(16)11-12)7-9-21(2)10-8-15(17,18)19/h4-6,11,14,20H,3,7-10H2,1-2H3. The number of alkyl halides is 3. The maximum absolute atomic E-state index is 12.2. The molecule has 1 aromatic rings. The maximum atomic E-state index is 12.2. The zero-order valence-electron chi connectivity index (χ0n) is 12.4. The Hall–Kier alpha value is -0.780. The van der Waals surface area contributed by atoms with Crippen molar-refractivity contribution in [3.05, 3.63) is 34.9 Å². The van der Waals surface area contributed by atoms with Crippen LogP contribution in [0, 0.1) is 0 Å². The fourth-order valence-corrected chi connectivity index (χ4v) is 2.33. The lowest BCUT2D eigenvalue weighted by molar-refractivity contribution is -0.137. The van der Waals surface area contributed by atoms with Crippen molar-refractivity contribution in [1.29, 1.82) is 0 Å². The Bertz CT molecular complexity index is 424. The maximum Gasteiger partial charge on any atom is 0.390 e. The van der Waals surface area contributed by atoms with E-state index in [9.17, 15) is 13.2 Å². The largest absolute Gasteiger partial charge is 0.390 e. The van der Waals surface area contributed by atoms with Crippen molar-refractivity contribution < 1.29 is 13.2 Å². The second kappa shape index (κ2) is 8.61. The SMILES string of the molecule is CCNC(CCN(C)CCC(F)(F)F)c1cccc(Cl)c1. The Morgan fingerprint density at radius 2 is 2.00 bits per heavy atom. The molecule has 1 unspecified atom stereocenters. The Labute approximate surface area is 129 Å². The van der Waals surface area contributed by atoms with Crippen molar-refractivity contribution >= 4 is 11.6 Å². The number of rotatable bonds is 8. The Morgan fingerprint density at radius 3 is 2.57 bits per heavy atom. The van der Waals surface area contributed by atoms with E-state index in [1.807, 2.05) is 31.2 Å². The van der Waals surface area contributed by atoms with Crippen LogP contribution in [-0.2, 0) is 0 Å². The van der Waals surface area contributed by atoms with Gasteiger partial charge in [0.15, 0.2) is 0 Å². The summed E-state index contributed by atoms with van der Waals surface area (Å²) in [6.45, 7) is 3.42. The smallest absolute Gasteiger partial charge is 0.310 e. The number of halogens is 4. The highest BCUT2D eigenvalue weighted by Crippen LogP contribution is 2.22. The summed E-state index contributed by atoms with van der Waals surface area (Å²) in [7, 11) is 1.71. The monoisotopic (exact) mass is 322 g/mol. The zero-order valence-corrected chi connectivity index (χ0v) is 13.1. The summed E-state index contributed by atoms with van der Waals surface area (Å²) >= 11 is 5.99. The molecule has 0 aliphatic rings. The van der Waals surface area contributed by atoms with Gasteiger partial charge in [-0.15, -0.1) is 0 Å². The van der Waals surface area contributed by atoms with Crippen molar-refractivity contribution in [2.45, 2.75) is 32.0 Å². The molecular weight excluding hydrogens is 301 g/mol. The average molecular weight is 323 g/mol. The predicted octanol–water partition coefficient (Wildman–Crippen LogP) is 4.26. The van der Waals surface area contributed by atoms with Crippen LogP contribution in [-0.4, -0.2) is 37.8 Å². The number of nitrogens with zero attached hydrogens (tertiary/aromatic N) is 1. The van der Waals surface area contributed by atoms with E-state index in [0.29, 0.717) is 11.6 Å². The van der Waals surface area contributed by atoms with Gasteiger partial charge in [0.2, 0.25) is 0 Å². The third kappa shape index (κ3) is 7.69. The molecule has 0 saturated carbocycles. The molecule has 2 nitrogen and oxygen atoms in total. The second-order valence-electron chi connectivity index (χ2n) is 5.12. The molecule has 21 heavy (non-hydrogen) atoms. The van der Waals surface area contributed by atoms with Crippen LogP contribution >= 0.6 is 11.6 Å². The van der Waals surface area contributed by atoms with E-state index < -0.39 is 12.6 Å². The Morgan fingerprint density at radius 1 is 1.29 bits per heavy atom. The van der Waals surface area contributed by atoms with Crippen LogP contribution < -0.4 is 5.32 Å². The fraction of sp³-hybridized carbons (Fsp3) is 0.600. The highest BCUT2D eigenvalue weighted by molar-refractivity contribution is 6.30. The van der Waals surface area contributed by atoms with Gasteiger partial charge in [0, 0.05) is 17.6 Å². The quantitative estimate of drug-likeness (QED) is 0.769. The lowest BCUT2D eigenvalue weighted by Crippen LogP contribution is -2.29. The minimum atomic E-state index is -4.09. The zero-order chi connectivity index (χ0) is 15.9. The first-order valence-corrected chi connectivity index (χ1v) is 7.43. The predicted molar refractivity (Wildman–Crippen MR) is 80.7 cm³/mol. The minimum absolute atomic E-state index is 0.0257. The van der Waals surface area contributed by atoms with E-state index in [2.05, 4.69) is 5.32 Å². The molecule has 0 aromatic heterocycles. The number of hydrogen-bond donors (Lipinski definition) is 1. The molecule has 0 bridgehead atoms. The van der Waals surface area contributed by atoms with Crippen LogP contribution in [0.5, 0.6) is 0 Å².